The number of benzene rings is 1. The van der Waals surface area contributed by atoms with Crippen LogP contribution in [0.5, 0.6) is 0 Å². The largest absolute Gasteiger partial charge is 0.313 e. The van der Waals surface area contributed by atoms with Crippen LogP contribution in [-0.2, 0) is 0 Å². The number of halogens is 1. The summed E-state index contributed by atoms with van der Waals surface area (Å²) in [5.74, 6) is 0.296. The lowest BCUT2D eigenvalue weighted by Crippen LogP contribution is -2.21. The van der Waals surface area contributed by atoms with Crippen LogP contribution in [-0.4, -0.2) is 7.05 Å². The molecule has 0 aliphatic carbocycles. The van der Waals surface area contributed by atoms with Crippen LogP contribution in [0.4, 0.5) is 4.39 Å². The van der Waals surface area contributed by atoms with Crippen molar-refractivity contribution in [3.63, 3.8) is 0 Å². The first-order valence-corrected chi connectivity index (χ1v) is 4.58. The van der Waals surface area contributed by atoms with Crippen LogP contribution >= 0.6 is 0 Å². The van der Waals surface area contributed by atoms with Crippen molar-refractivity contribution in [1.29, 1.82) is 0 Å². The molecule has 0 saturated heterocycles. The first kappa shape index (κ1) is 10.2. The van der Waals surface area contributed by atoms with Gasteiger partial charge in [-0.3, -0.25) is 0 Å². The maximum absolute atomic E-state index is 12.9. The smallest absolute Gasteiger partial charge is 0.123 e. The molecule has 0 aromatic heterocycles. The lowest BCUT2D eigenvalue weighted by molar-refractivity contribution is 0.441. The summed E-state index contributed by atoms with van der Waals surface area (Å²) >= 11 is 0. The zero-order valence-electron chi connectivity index (χ0n) is 8.34. The Balaban J connectivity index is 2.91. The standard InChI is InChI=1S/C11H16FN/c1-8(2)11(13-3)9-5-4-6-10(12)7-9/h4-8,11,13H,1-3H3. The number of nitrogens with one attached hydrogen (secondary N) is 1. The molecule has 0 spiro atoms. The van der Waals surface area contributed by atoms with E-state index in [1.807, 2.05) is 13.1 Å². The lowest BCUT2D eigenvalue weighted by atomic mass is 9.96. The van der Waals surface area contributed by atoms with Gasteiger partial charge in [-0.1, -0.05) is 26.0 Å². The molecule has 2 heteroatoms. The molecule has 1 atom stereocenters. The van der Waals surface area contributed by atoms with E-state index in [0.717, 1.165) is 5.56 Å². The number of hydrogen-bond acceptors (Lipinski definition) is 1. The number of hydrogen-bond donors (Lipinski definition) is 1. The molecular formula is C11H16FN. The summed E-state index contributed by atoms with van der Waals surface area (Å²) in [7, 11) is 1.90. The Kier molecular flexibility index (Phi) is 3.43. The van der Waals surface area contributed by atoms with E-state index >= 15 is 0 Å². The molecule has 0 aliphatic rings. The van der Waals surface area contributed by atoms with Gasteiger partial charge in [0.15, 0.2) is 0 Å². The van der Waals surface area contributed by atoms with Gasteiger partial charge < -0.3 is 5.32 Å². The van der Waals surface area contributed by atoms with Gasteiger partial charge in [0.25, 0.3) is 0 Å². The van der Waals surface area contributed by atoms with Gasteiger partial charge in [0.05, 0.1) is 0 Å². The highest BCUT2D eigenvalue weighted by atomic mass is 19.1. The molecule has 72 valence electrons. The third kappa shape index (κ3) is 2.52. The Bertz CT molecular complexity index is 271. The van der Waals surface area contributed by atoms with E-state index in [1.54, 1.807) is 12.1 Å². The van der Waals surface area contributed by atoms with E-state index in [1.165, 1.54) is 6.07 Å². The first-order chi connectivity index (χ1) is 6.15. The van der Waals surface area contributed by atoms with E-state index in [2.05, 4.69) is 19.2 Å². The molecule has 0 aliphatic heterocycles. The number of rotatable bonds is 3. The SMILES string of the molecule is CNC(c1cccc(F)c1)C(C)C. The fourth-order valence-corrected chi connectivity index (χ4v) is 1.58. The third-order valence-electron chi connectivity index (χ3n) is 2.19. The van der Waals surface area contributed by atoms with Gasteiger partial charge in [-0.15, -0.1) is 0 Å². The average molecular weight is 181 g/mol. The van der Waals surface area contributed by atoms with Crippen LogP contribution in [0.3, 0.4) is 0 Å². The fraction of sp³-hybridized carbons (Fsp3) is 0.455. The maximum Gasteiger partial charge on any atom is 0.123 e. The van der Waals surface area contributed by atoms with Crippen molar-refractivity contribution < 1.29 is 4.39 Å². The average Bonchev–Trinajstić information content (AvgIpc) is 2.04. The van der Waals surface area contributed by atoms with Gasteiger partial charge in [-0.05, 0) is 30.7 Å². The highest BCUT2D eigenvalue weighted by Crippen LogP contribution is 2.21. The highest BCUT2D eigenvalue weighted by Gasteiger charge is 2.13. The molecule has 0 radical (unpaired) electrons. The van der Waals surface area contributed by atoms with Gasteiger partial charge >= 0.3 is 0 Å². The van der Waals surface area contributed by atoms with Crippen molar-refractivity contribution in [3.05, 3.63) is 35.6 Å². The van der Waals surface area contributed by atoms with Crippen molar-refractivity contribution in [2.24, 2.45) is 5.92 Å². The Labute approximate surface area is 79.0 Å². The second-order valence-corrected chi connectivity index (χ2v) is 3.57. The monoisotopic (exact) mass is 181 g/mol. The zero-order chi connectivity index (χ0) is 9.84. The van der Waals surface area contributed by atoms with Gasteiger partial charge in [-0.2, -0.15) is 0 Å². The molecule has 0 bridgehead atoms. The zero-order valence-corrected chi connectivity index (χ0v) is 8.34. The second-order valence-electron chi connectivity index (χ2n) is 3.57. The third-order valence-corrected chi connectivity index (χ3v) is 2.19. The molecule has 13 heavy (non-hydrogen) atoms. The second kappa shape index (κ2) is 4.38. The summed E-state index contributed by atoms with van der Waals surface area (Å²) in [4.78, 5) is 0. The van der Waals surface area contributed by atoms with Gasteiger partial charge in [0.2, 0.25) is 0 Å². The normalized spacial score (nSPS) is 13.3. The van der Waals surface area contributed by atoms with E-state index in [-0.39, 0.29) is 11.9 Å². The first-order valence-electron chi connectivity index (χ1n) is 4.58. The maximum atomic E-state index is 12.9. The molecule has 1 rings (SSSR count). The Hall–Kier alpha value is -0.890. The molecular weight excluding hydrogens is 165 g/mol. The van der Waals surface area contributed by atoms with Crippen molar-refractivity contribution in [1.82, 2.24) is 5.32 Å². The fourth-order valence-electron chi connectivity index (χ4n) is 1.58. The molecule has 1 unspecified atom stereocenters. The van der Waals surface area contributed by atoms with Crippen LogP contribution < -0.4 is 5.32 Å². The van der Waals surface area contributed by atoms with Crippen molar-refractivity contribution in [2.75, 3.05) is 7.05 Å². The molecule has 1 aromatic carbocycles. The minimum Gasteiger partial charge on any atom is -0.313 e. The van der Waals surface area contributed by atoms with Crippen molar-refractivity contribution in [2.45, 2.75) is 19.9 Å². The lowest BCUT2D eigenvalue weighted by Gasteiger charge is -2.20. The van der Waals surface area contributed by atoms with Gasteiger partial charge in [-0.25, -0.2) is 4.39 Å². The van der Waals surface area contributed by atoms with Crippen LogP contribution in [0.25, 0.3) is 0 Å². The summed E-state index contributed by atoms with van der Waals surface area (Å²) < 4.78 is 12.9. The summed E-state index contributed by atoms with van der Waals surface area (Å²) in [6, 6.07) is 6.98. The summed E-state index contributed by atoms with van der Waals surface area (Å²) in [6.45, 7) is 4.23. The van der Waals surface area contributed by atoms with Crippen LogP contribution in [0.15, 0.2) is 24.3 Å². The predicted octanol–water partition coefficient (Wildman–Crippen LogP) is 2.74. The van der Waals surface area contributed by atoms with Crippen molar-refractivity contribution >= 4 is 0 Å². The Morgan fingerprint density at radius 3 is 2.46 bits per heavy atom. The summed E-state index contributed by atoms with van der Waals surface area (Å²) in [6.07, 6.45) is 0. The summed E-state index contributed by atoms with van der Waals surface area (Å²) in [5.41, 5.74) is 1.01. The minimum absolute atomic E-state index is 0.168. The van der Waals surface area contributed by atoms with E-state index < -0.39 is 0 Å². The Morgan fingerprint density at radius 2 is 2.00 bits per heavy atom. The van der Waals surface area contributed by atoms with E-state index in [9.17, 15) is 4.39 Å². The van der Waals surface area contributed by atoms with E-state index in [0.29, 0.717) is 5.92 Å². The molecule has 1 aromatic rings. The quantitative estimate of drug-likeness (QED) is 0.756. The highest BCUT2D eigenvalue weighted by molar-refractivity contribution is 5.20. The molecule has 0 fully saturated rings. The Morgan fingerprint density at radius 1 is 1.31 bits per heavy atom. The molecule has 0 heterocycles. The van der Waals surface area contributed by atoms with Crippen LogP contribution in [0, 0.1) is 11.7 Å². The van der Waals surface area contributed by atoms with Crippen molar-refractivity contribution in [3.8, 4) is 0 Å². The van der Waals surface area contributed by atoms with E-state index in [4.69, 9.17) is 0 Å². The molecule has 0 amide bonds. The van der Waals surface area contributed by atoms with Gasteiger partial charge in [0.1, 0.15) is 5.82 Å². The molecule has 0 saturated carbocycles. The van der Waals surface area contributed by atoms with Crippen LogP contribution in [0.2, 0.25) is 0 Å². The summed E-state index contributed by atoms with van der Waals surface area (Å²) in [5, 5.41) is 3.18. The van der Waals surface area contributed by atoms with Crippen LogP contribution in [0.1, 0.15) is 25.5 Å². The molecule has 1 N–H and O–H groups in total. The topological polar surface area (TPSA) is 12.0 Å². The predicted molar refractivity (Wildman–Crippen MR) is 53.0 cm³/mol. The molecule has 1 nitrogen and oxygen atoms in total. The minimum atomic E-state index is -0.168. The van der Waals surface area contributed by atoms with Gasteiger partial charge in [0, 0.05) is 6.04 Å².